The van der Waals surface area contributed by atoms with Crippen LogP contribution in [-0.4, -0.2) is 25.4 Å². The predicted octanol–water partition coefficient (Wildman–Crippen LogP) is 1.50. The summed E-state index contributed by atoms with van der Waals surface area (Å²) >= 11 is 3.21. The second kappa shape index (κ2) is 3.06. The van der Waals surface area contributed by atoms with Crippen molar-refractivity contribution in [2.24, 2.45) is 0 Å². The highest BCUT2D eigenvalue weighted by molar-refractivity contribution is 9.10. The van der Waals surface area contributed by atoms with Gasteiger partial charge in [0.15, 0.2) is 11.3 Å². The van der Waals surface area contributed by atoms with Gasteiger partial charge < -0.3 is 5.11 Å². The van der Waals surface area contributed by atoms with E-state index in [-0.39, 0.29) is 5.69 Å². The van der Waals surface area contributed by atoms with Crippen molar-refractivity contribution in [3.8, 4) is 0 Å². The number of imidazole rings is 1. The molecule has 0 radical (unpaired) electrons. The quantitative estimate of drug-likeness (QED) is 0.785. The Balaban J connectivity index is 2.85. The molecular weight excluding hydrogens is 250 g/mol. The third-order valence-corrected chi connectivity index (χ3v) is 2.27. The van der Waals surface area contributed by atoms with Gasteiger partial charge in [-0.1, -0.05) is 0 Å². The average molecular weight is 256 g/mol. The molecule has 0 fully saturated rings. The van der Waals surface area contributed by atoms with E-state index in [2.05, 4.69) is 25.9 Å². The molecule has 0 aromatic carbocycles. The van der Waals surface area contributed by atoms with Gasteiger partial charge in [-0.05, 0) is 28.9 Å². The fourth-order valence-corrected chi connectivity index (χ4v) is 1.73. The third kappa shape index (κ3) is 1.27. The maximum atomic E-state index is 10.8. The highest BCUT2D eigenvalue weighted by atomic mass is 79.9. The smallest absolute Gasteiger partial charge is 0.358 e. The van der Waals surface area contributed by atoms with Crippen molar-refractivity contribution in [1.29, 1.82) is 0 Å². The molecule has 6 heteroatoms. The van der Waals surface area contributed by atoms with Crippen LogP contribution in [0, 0.1) is 6.92 Å². The van der Waals surface area contributed by atoms with Crippen LogP contribution in [-0.2, 0) is 0 Å². The van der Waals surface area contributed by atoms with Crippen molar-refractivity contribution in [3.63, 3.8) is 0 Å². The largest absolute Gasteiger partial charge is 0.476 e. The van der Waals surface area contributed by atoms with Crippen LogP contribution in [0.2, 0.25) is 0 Å². The van der Waals surface area contributed by atoms with Gasteiger partial charge in [0.05, 0.1) is 0 Å². The first-order chi connectivity index (χ1) is 6.59. The van der Waals surface area contributed by atoms with Crippen molar-refractivity contribution < 1.29 is 9.90 Å². The number of nitrogens with zero attached hydrogens (tertiary/aromatic N) is 3. The fourth-order valence-electron chi connectivity index (χ4n) is 1.23. The van der Waals surface area contributed by atoms with Crippen LogP contribution in [0.5, 0.6) is 0 Å². The van der Waals surface area contributed by atoms with E-state index in [1.807, 2.05) is 6.92 Å². The Labute approximate surface area is 87.5 Å². The third-order valence-electron chi connectivity index (χ3n) is 1.87. The first kappa shape index (κ1) is 9.14. The lowest BCUT2D eigenvalue weighted by Crippen LogP contribution is -2.00. The summed E-state index contributed by atoms with van der Waals surface area (Å²) in [6.07, 6.45) is 1.45. The zero-order valence-electron chi connectivity index (χ0n) is 7.23. The van der Waals surface area contributed by atoms with Crippen LogP contribution >= 0.6 is 15.9 Å². The highest BCUT2D eigenvalue weighted by Crippen LogP contribution is 2.14. The summed E-state index contributed by atoms with van der Waals surface area (Å²) in [6, 6.07) is 1.79. The van der Waals surface area contributed by atoms with Crippen LogP contribution in [0.25, 0.3) is 5.65 Å². The molecule has 2 aromatic rings. The molecule has 0 amide bonds. The Morgan fingerprint density at radius 2 is 2.36 bits per heavy atom. The van der Waals surface area contributed by atoms with E-state index in [4.69, 9.17) is 5.11 Å². The second-order valence-corrected chi connectivity index (χ2v) is 3.62. The van der Waals surface area contributed by atoms with Crippen molar-refractivity contribution >= 4 is 27.5 Å². The number of aromatic carboxylic acids is 1. The molecule has 2 rings (SSSR count). The number of aryl methyl sites for hydroxylation is 1. The van der Waals surface area contributed by atoms with Crippen molar-refractivity contribution in [3.05, 3.63) is 28.4 Å². The lowest BCUT2D eigenvalue weighted by Gasteiger charge is -1.99. The number of carbonyl (C=O) groups is 1. The number of hydrogen-bond donors (Lipinski definition) is 1. The minimum Gasteiger partial charge on any atom is -0.476 e. The zero-order chi connectivity index (χ0) is 10.3. The van der Waals surface area contributed by atoms with Gasteiger partial charge in [-0.2, -0.15) is 0 Å². The van der Waals surface area contributed by atoms with Gasteiger partial charge in [-0.3, -0.25) is 4.40 Å². The molecule has 1 N–H and O–H groups in total. The number of halogens is 1. The molecule has 72 valence electrons. The molecular formula is C8H6BrN3O2. The topological polar surface area (TPSA) is 67.5 Å². The minimum absolute atomic E-state index is 0.0330. The van der Waals surface area contributed by atoms with E-state index in [1.54, 1.807) is 10.5 Å². The van der Waals surface area contributed by atoms with E-state index in [9.17, 15) is 4.79 Å². The molecule has 0 aliphatic rings. The van der Waals surface area contributed by atoms with E-state index in [0.717, 1.165) is 5.69 Å². The van der Waals surface area contributed by atoms with Crippen LogP contribution in [0.1, 0.15) is 16.2 Å². The van der Waals surface area contributed by atoms with Gasteiger partial charge in [-0.25, -0.2) is 14.8 Å². The number of rotatable bonds is 1. The Hall–Kier alpha value is -1.43. The van der Waals surface area contributed by atoms with E-state index in [0.29, 0.717) is 10.3 Å². The summed E-state index contributed by atoms with van der Waals surface area (Å²) < 4.78 is 2.24. The van der Waals surface area contributed by atoms with E-state index < -0.39 is 5.97 Å². The summed E-state index contributed by atoms with van der Waals surface area (Å²) in [5, 5.41) is 8.82. The summed E-state index contributed by atoms with van der Waals surface area (Å²) in [6.45, 7) is 1.85. The minimum atomic E-state index is -1.07. The number of fused-ring (bicyclic) bond motifs is 1. The average Bonchev–Trinajstić information content (AvgIpc) is 2.47. The second-order valence-electron chi connectivity index (χ2n) is 2.81. The van der Waals surface area contributed by atoms with Crippen molar-refractivity contribution in [2.75, 3.05) is 0 Å². The Morgan fingerprint density at radius 1 is 1.64 bits per heavy atom. The van der Waals surface area contributed by atoms with E-state index in [1.165, 1.54) is 6.33 Å². The lowest BCUT2D eigenvalue weighted by molar-refractivity contribution is 0.0693. The normalized spacial score (nSPS) is 10.7. The predicted molar refractivity (Wildman–Crippen MR) is 52.4 cm³/mol. The Morgan fingerprint density at radius 3 is 3.00 bits per heavy atom. The molecule has 0 unspecified atom stereocenters. The SMILES string of the molecule is Cc1cc(Br)nc2c(C(=O)O)ncn12. The van der Waals surface area contributed by atoms with Gasteiger partial charge in [-0.15, -0.1) is 0 Å². The maximum absolute atomic E-state index is 10.8. The van der Waals surface area contributed by atoms with Crippen LogP contribution in [0.15, 0.2) is 17.0 Å². The first-order valence-corrected chi connectivity index (χ1v) is 4.62. The molecule has 2 aromatic heterocycles. The molecule has 0 aliphatic heterocycles. The number of carboxylic acid groups (broad SMARTS) is 1. The first-order valence-electron chi connectivity index (χ1n) is 3.83. The Bertz CT molecular complexity index is 521. The van der Waals surface area contributed by atoms with Gasteiger partial charge in [0, 0.05) is 5.69 Å². The lowest BCUT2D eigenvalue weighted by atomic mass is 10.4. The number of hydrogen-bond acceptors (Lipinski definition) is 3. The fraction of sp³-hybridized carbons (Fsp3) is 0.125. The summed E-state index contributed by atoms with van der Waals surface area (Å²) in [5.74, 6) is -1.07. The summed E-state index contributed by atoms with van der Waals surface area (Å²) in [7, 11) is 0. The highest BCUT2D eigenvalue weighted by Gasteiger charge is 2.14. The maximum Gasteiger partial charge on any atom is 0.358 e. The molecule has 14 heavy (non-hydrogen) atoms. The Kier molecular flexibility index (Phi) is 1.99. The number of carboxylic acids is 1. The van der Waals surface area contributed by atoms with Crippen LogP contribution in [0.3, 0.4) is 0 Å². The standard InChI is InChI=1S/C8H6BrN3O2/c1-4-2-5(9)11-7-6(8(13)14)10-3-12(4)7/h2-3H,1H3,(H,13,14). The zero-order valence-corrected chi connectivity index (χ0v) is 8.82. The molecule has 0 saturated carbocycles. The molecule has 0 bridgehead atoms. The van der Waals surface area contributed by atoms with Crippen molar-refractivity contribution in [1.82, 2.24) is 14.4 Å². The number of aromatic nitrogens is 3. The van der Waals surface area contributed by atoms with Gasteiger partial charge >= 0.3 is 5.97 Å². The van der Waals surface area contributed by atoms with Gasteiger partial charge in [0.25, 0.3) is 0 Å². The van der Waals surface area contributed by atoms with Crippen LogP contribution < -0.4 is 0 Å². The van der Waals surface area contributed by atoms with Crippen LogP contribution in [0.4, 0.5) is 0 Å². The molecule has 0 spiro atoms. The molecule has 2 heterocycles. The van der Waals surface area contributed by atoms with E-state index >= 15 is 0 Å². The molecule has 0 saturated heterocycles. The monoisotopic (exact) mass is 255 g/mol. The van der Waals surface area contributed by atoms with Gasteiger partial charge in [0.1, 0.15) is 10.9 Å². The summed E-state index contributed by atoms with van der Waals surface area (Å²) in [5.41, 5.74) is 1.20. The molecule has 0 aliphatic carbocycles. The molecule has 5 nitrogen and oxygen atoms in total. The molecule has 0 atom stereocenters. The summed E-state index contributed by atoms with van der Waals surface area (Å²) in [4.78, 5) is 18.6. The van der Waals surface area contributed by atoms with Gasteiger partial charge in [0.2, 0.25) is 0 Å². The van der Waals surface area contributed by atoms with Crippen molar-refractivity contribution in [2.45, 2.75) is 6.92 Å².